The summed E-state index contributed by atoms with van der Waals surface area (Å²) in [6.45, 7) is 3.74. The molecule has 1 N–H and O–H groups in total. The third kappa shape index (κ3) is 5.12. The minimum Gasteiger partial charge on any atom is -1.00 e. The minimum absolute atomic E-state index is 0. The number of benzene rings is 1. The van der Waals surface area contributed by atoms with E-state index >= 15 is 0 Å². The first-order valence-electron chi connectivity index (χ1n) is 7.87. The van der Waals surface area contributed by atoms with Gasteiger partial charge in [-0.15, -0.1) is 0 Å². The van der Waals surface area contributed by atoms with Gasteiger partial charge in [0, 0.05) is 49.8 Å². The third-order valence-corrected chi connectivity index (χ3v) is 4.22. The van der Waals surface area contributed by atoms with Crippen molar-refractivity contribution in [2.45, 2.75) is 0 Å². The van der Waals surface area contributed by atoms with Gasteiger partial charge in [-0.05, 0) is 24.3 Å². The molecule has 0 radical (unpaired) electrons. The number of carbonyl (C=O) groups excluding carboxylic acids is 1. The molecule has 1 aromatic carbocycles. The SMILES string of the molecule is O=C(O)c1ccc(C(=O)CN2CCN(c3ccncc3)CC2)cc1.[H-].[Na+]. The monoisotopic (exact) mass is 349 g/mol. The molecule has 0 atom stereocenters. The molecule has 1 saturated heterocycles. The van der Waals surface area contributed by atoms with E-state index in [-0.39, 0.29) is 42.3 Å². The van der Waals surface area contributed by atoms with Crippen molar-refractivity contribution in [3.8, 4) is 0 Å². The summed E-state index contributed by atoms with van der Waals surface area (Å²) in [5.41, 5.74) is 1.90. The Bertz CT molecular complexity index is 720. The quantitative estimate of drug-likeness (QED) is 0.546. The summed E-state index contributed by atoms with van der Waals surface area (Å²) in [7, 11) is 0. The Morgan fingerprint density at radius 3 is 2.08 bits per heavy atom. The average molecular weight is 349 g/mol. The first kappa shape index (κ1) is 19.6. The van der Waals surface area contributed by atoms with E-state index in [0.29, 0.717) is 12.1 Å². The van der Waals surface area contributed by atoms with Crippen LogP contribution in [0.3, 0.4) is 0 Å². The normalized spacial score (nSPS) is 14.6. The standard InChI is InChI=1S/C18H19N3O3.Na.H/c22-17(14-1-3-15(4-2-14)18(23)24)13-20-9-11-21(12-10-20)16-5-7-19-8-6-16;;/h1-8H,9-13H2,(H,23,24);;/q;+1;-1. The Morgan fingerprint density at radius 2 is 1.52 bits per heavy atom. The minimum atomic E-state index is -0.985. The number of carboxylic acid groups (broad SMARTS) is 1. The summed E-state index contributed by atoms with van der Waals surface area (Å²) in [5, 5.41) is 8.89. The number of nitrogens with zero attached hydrogens (tertiary/aromatic N) is 3. The number of carboxylic acids is 1. The molecule has 0 aliphatic carbocycles. The molecule has 7 heteroatoms. The molecule has 126 valence electrons. The van der Waals surface area contributed by atoms with Crippen LogP contribution in [0.5, 0.6) is 0 Å². The summed E-state index contributed by atoms with van der Waals surface area (Å²) < 4.78 is 0. The number of piperazine rings is 1. The first-order valence-corrected chi connectivity index (χ1v) is 7.87. The predicted octanol–water partition coefficient (Wildman–Crippen LogP) is -1.10. The second kappa shape index (κ2) is 9.10. The van der Waals surface area contributed by atoms with E-state index < -0.39 is 5.97 Å². The van der Waals surface area contributed by atoms with Gasteiger partial charge < -0.3 is 11.4 Å². The van der Waals surface area contributed by atoms with Gasteiger partial charge in [-0.25, -0.2) is 4.79 Å². The van der Waals surface area contributed by atoms with Gasteiger partial charge in [-0.1, -0.05) is 12.1 Å². The van der Waals surface area contributed by atoms with Crippen LogP contribution in [0.2, 0.25) is 0 Å². The van der Waals surface area contributed by atoms with Gasteiger partial charge in [-0.2, -0.15) is 0 Å². The number of anilines is 1. The number of Topliss-reactive ketones (excluding diaryl/α,β-unsaturated/α-hetero) is 1. The van der Waals surface area contributed by atoms with Crippen molar-refractivity contribution in [1.29, 1.82) is 0 Å². The van der Waals surface area contributed by atoms with Crippen molar-refractivity contribution in [1.82, 2.24) is 9.88 Å². The molecule has 2 aromatic rings. The fourth-order valence-electron chi connectivity index (χ4n) is 2.81. The van der Waals surface area contributed by atoms with Crippen molar-refractivity contribution in [2.24, 2.45) is 0 Å². The van der Waals surface area contributed by atoms with Crippen LogP contribution in [0, 0.1) is 0 Å². The van der Waals surface area contributed by atoms with E-state index in [1.165, 1.54) is 12.1 Å². The zero-order valence-corrected chi connectivity index (χ0v) is 16.3. The van der Waals surface area contributed by atoms with Crippen molar-refractivity contribution in [3.63, 3.8) is 0 Å². The fourth-order valence-corrected chi connectivity index (χ4v) is 2.81. The third-order valence-electron chi connectivity index (χ3n) is 4.22. The zero-order chi connectivity index (χ0) is 16.9. The molecule has 0 saturated carbocycles. The number of pyridine rings is 1. The second-order valence-electron chi connectivity index (χ2n) is 5.77. The van der Waals surface area contributed by atoms with Crippen LogP contribution in [0.1, 0.15) is 22.1 Å². The molecular formula is C18H20N3NaO3. The predicted molar refractivity (Wildman–Crippen MR) is 91.7 cm³/mol. The number of ketones is 1. The van der Waals surface area contributed by atoms with E-state index in [2.05, 4.69) is 14.8 Å². The number of hydrogen-bond acceptors (Lipinski definition) is 5. The first-order chi connectivity index (χ1) is 11.6. The topological polar surface area (TPSA) is 73.7 Å². The van der Waals surface area contributed by atoms with E-state index in [1.54, 1.807) is 24.5 Å². The number of carbonyl (C=O) groups is 2. The van der Waals surface area contributed by atoms with E-state index in [1.807, 2.05) is 12.1 Å². The van der Waals surface area contributed by atoms with Crippen LogP contribution < -0.4 is 34.5 Å². The van der Waals surface area contributed by atoms with Crippen molar-refractivity contribution in [2.75, 3.05) is 37.6 Å². The number of hydrogen-bond donors (Lipinski definition) is 1. The van der Waals surface area contributed by atoms with E-state index in [9.17, 15) is 9.59 Å². The second-order valence-corrected chi connectivity index (χ2v) is 5.77. The van der Waals surface area contributed by atoms with Gasteiger partial charge in [0.05, 0.1) is 12.1 Å². The van der Waals surface area contributed by atoms with Crippen molar-refractivity contribution in [3.05, 3.63) is 59.9 Å². The molecule has 2 heterocycles. The van der Waals surface area contributed by atoms with Crippen molar-refractivity contribution >= 4 is 17.4 Å². The molecule has 0 amide bonds. The Kier molecular flexibility index (Phi) is 7.13. The molecule has 3 rings (SSSR count). The van der Waals surface area contributed by atoms with Crippen LogP contribution >= 0.6 is 0 Å². The van der Waals surface area contributed by atoms with Gasteiger partial charge >= 0.3 is 35.5 Å². The fraction of sp³-hybridized carbons (Fsp3) is 0.278. The van der Waals surface area contributed by atoms with Crippen LogP contribution in [0.4, 0.5) is 5.69 Å². The molecule has 0 unspecified atom stereocenters. The maximum Gasteiger partial charge on any atom is 1.00 e. The van der Waals surface area contributed by atoms with Crippen LogP contribution in [-0.4, -0.2) is 59.5 Å². The van der Waals surface area contributed by atoms with Crippen LogP contribution in [-0.2, 0) is 0 Å². The van der Waals surface area contributed by atoms with Gasteiger partial charge in [0.25, 0.3) is 0 Å². The maximum atomic E-state index is 12.3. The molecule has 1 aliphatic heterocycles. The largest absolute Gasteiger partial charge is 1.00 e. The zero-order valence-electron chi connectivity index (χ0n) is 15.3. The molecule has 6 nitrogen and oxygen atoms in total. The number of aromatic carboxylic acids is 1. The van der Waals surface area contributed by atoms with Gasteiger partial charge in [0.2, 0.25) is 0 Å². The average Bonchev–Trinajstić information content (AvgIpc) is 2.63. The van der Waals surface area contributed by atoms with E-state index in [4.69, 9.17) is 5.11 Å². The summed E-state index contributed by atoms with van der Waals surface area (Å²) in [6.07, 6.45) is 3.57. The van der Waals surface area contributed by atoms with Crippen molar-refractivity contribution < 1.29 is 45.7 Å². The molecular weight excluding hydrogens is 329 g/mol. The molecule has 1 aliphatic rings. The van der Waals surface area contributed by atoms with Crippen LogP contribution in [0.15, 0.2) is 48.8 Å². The smallest absolute Gasteiger partial charge is 1.00 e. The summed E-state index contributed by atoms with van der Waals surface area (Å²) in [5.74, 6) is -0.967. The molecule has 0 bridgehead atoms. The summed E-state index contributed by atoms with van der Waals surface area (Å²) >= 11 is 0. The number of aromatic nitrogens is 1. The van der Waals surface area contributed by atoms with Gasteiger partial charge in [0.15, 0.2) is 5.78 Å². The Hall–Kier alpha value is -1.73. The van der Waals surface area contributed by atoms with E-state index in [0.717, 1.165) is 31.9 Å². The molecule has 1 fully saturated rings. The Balaban J connectivity index is 0.00000169. The molecule has 25 heavy (non-hydrogen) atoms. The van der Waals surface area contributed by atoms with Crippen LogP contribution in [0.25, 0.3) is 0 Å². The number of rotatable bonds is 5. The maximum absolute atomic E-state index is 12.3. The summed E-state index contributed by atoms with van der Waals surface area (Å²) in [4.78, 5) is 31.6. The molecule has 0 spiro atoms. The summed E-state index contributed by atoms with van der Waals surface area (Å²) in [6, 6.07) is 10.1. The Labute approximate surface area is 170 Å². The molecule has 1 aromatic heterocycles. The van der Waals surface area contributed by atoms with Gasteiger partial charge in [-0.3, -0.25) is 14.7 Å². The Morgan fingerprint density at radius 1 is 0.960 bits per heavy atom. The van der Waals surface area contributed by atoms with Gasteiger partial charge in [0.1, 0.15) is 0 Å².